The van der Waals surface area contributed by atoms with Gasteiger partial charge in [0.2, 0.25) is 11.9 Å². The van der Waals surface area contributed by atoms with Gasteiger partial charge in [-0.05, 0) is 43.7 Å². The fourth-order valence-electron chi connectivity index (χ4n) is 4.73. The second-order valence-corrected chi connectivity index (χ2v) is 8.70. The summed E-state index contributed by atoms with van der Waals surface area (Å²) in [6, 6.07) is 18.5. The predicted octanol–water partition coefficient (Wildman–Crippen LogP) is 4.55. The third-order valence-electron chi connectivity index (χ3n) is 6.44. The molecule has 3 aliphatic heterocycles. The second-order valence-electron chi connectivity index (χ2n) is 8.70. The average Bonchev–Trinajstić information content (AvgIpc) is 2.84. The van der Waals surface area contributed by atoms with Crippen LogP contribution in [0.25, 0.3) is 0 Å². The van der Waals surface area contributed by atoms with Gasteiger partial charge in [0.05, 0.1) is 7.11 Å². The zero-order valence-electron chi connectivity index (χ0n) is 19.1. The number of benzene rings is 2. The minimum atomic E-state index is -0.501. The molecule has 7 heteroatoms. The lowest BCUT2D eigenvalue weighted by molar-refractivity contribution is 0.216. The van der Waals surface area contributed by atoms with Crippen molar-refractivity contribution in [1.82, 2.24) is 9.80 Å². The lowest BCUT2D eigenvalue weighted by atomic mass is 9.90. The van der Waals surface area contributed by atoms with Gasteiger partial charge in [-0.1, -0.05) is 48.5 Å². The monoisotopic (exact) mass is 443 g/mol. The number of para-hydroxylation sites is 1. The fourth-order valence-corrected chi connectivity index (χ4v) is 4.73. The molecule has 1 fully saturated rings. The summed E-state index contributed by atoms with van der Waals surface area (Å²) in [4.78, 5) is 18.3. The molecule has 1 N–H and O–H groups in total. The maximum absolute atomic E-state index is 10.7. The van der Waals surface area contributed by atoms with Crippen LogP contribution in [0.1, 0.15) is 37.1 Å². The van der Waals surface area contributed by atoms with E-state index in [9.17, 15) is 5.11 Å². The van der Waals surface area contributed by atoms with Crippen LogP contribution in [0.2, 0.25) is 0 Å². The number of aliphatic hydroxyl groups excluding tert-OH is 1. The van der Waals surface area contributed by atoms with Crippen molar-refractivity contribution in [3.8, 4) is 5.75 Å². The van der Waals surface area contributed by atoms with Crippen molar-refractivity contribution >= 4 is 17.6 Å². The number of allylic oxidation sites excluding steroid dienone is 1. The van der Waals surface area contributed by atoms with E-state index >= 15 is 0 Å². The molecule has 170 valence electrons. The van der Waals surface area contributed by atoms with E-state index in [4.69, 9.17) is 14.7 Å². The number of ether oxygens (including phenoxy) is 1. The van der Waals surface area contributed by atoms with Crippen molar-refractivity contribution in [1.29, 1.82) is 0 Å². The molecule has 1 unspecified atom stereocenters. The van der Waals surface area contributed by atoms with E-state index in [1.54, 1.807) is 18.1 Å². The molecule has 1 saturated heterocycles. The quantitative estimate of drug-likeness (QED) is 0.752. The molecule has 0 amide bonds. The summed E-state index contributed by atoms with van der Waals surface area (Å²) >= 11 is 0. The lowest BCUT2D eigenvalue weighted by Crippen LogP contribution is -2.45. The van der Waals surface area contributed by atoms with Crippen LogP contribution in [-0.4, -0.2) is 52.7 Å². The van der Waals surface area contributed by atoms with E-state index in [0.717, 1.165) is 37.9 Å². The Labute approximate surface area is 194 Å². The first-order valence-electron chi connectivity index (χ1n) is 11.5. The molecule has 3 heterocycles. The lowest BCUT2D eigenvalue weighted by Gasteiger charge is -2.38. The Balaban J connectivity index is 1.41. The highest BCUT2D eigenvalue weighted by Crippen LogP contribution is 2.36. The maximum Gasteiger partial charge on any atom is 0.237 e. The van der Waals surface area contributed by atoms with Gasteiger partial charge in [-0.2, -0.15) is 4.99 Å². The molecule has 0 saturated carbocycles. The Morgan fingerprint density at radius 1 is 0.970 bits per heavy atom. The van der Waals surface area contributed by atoms with Crippen LogP contribution in [0.15, 0.2) is 81.5 Å². The number of likely N-dealkylation sites (tertiary alicyclic amines) is 1. The standard InChI is InChI=1S/C26H29N5O2/c1-18-16-23(32)31-24(21-10-6-7-11-22(21)33-2)28-25(29-26(31)27-18)30-14-12-20(13-15-30)17-19-8-4-3-5-9-19/h3-11,16,20,24,32H,12-15,17H2,1-2H3. The summed E-state index contributed by atoms with van der Waals surface area (Å²) in [6.45, 7) is 3.65. The van der Waals surface area contributed by atoms with Crippen molar-refractivity contribution in [2.24, 2.45) is 20.9 Å². The number of methoxy groups -OCH3 is 1. The molecule has 3 aliphatic rings. The molecule has 2 aromatic rings. The first-order chi connectivity index (χ1) is 16.1. The molecule has 0 aromatic heterocycles. The van der Waals surface area contributed by atoms with E-state index in [-0.39, 0.29) is 5.88 Å². The number of rotatable bonds is 4. The second kappa shape index (κ2) is 9.10. The first kappa shape index (κ1) is 21.2. The van der Waals surface area contributed by atoms with Crippen molar-refractivity contribution in [3.63, 3.8) is 0 Å². The molecule has 1 atom stereocenters. The number of aliphatic imine (C=N–C) groups is 3. The molecule has 5 rings (SSSR count). The average molecular weight is 444 g/mol. The summed E-state index contributed by atoms with van der Waals surface area (Å²) in [5.74, 6) is 2.58. The van der Waals surface area contributed by atoms with E-state index in [0.29, 0.717) is 29.3 Å². The van der Waals surface area contributed by atoms with Crippen molar-refractivity contribution < 1.29 is 9.84 Å². The third-order valence-corrected chi connectivity index (χ3v) is 6.44. The fraction of sp³-hybridized carbons (Fsp3) is 0.346. The number of aliphatic hydroxyl groups is 1. The Bertz CT molecular complexity index is 1130. The third kappa shape index (κ3) is 4.35. The normalized spacial score (nSPS) is 21.0. The molecular formula is C26H29N5O2. The highest BCUT2D eigenvalue weighted by Gasteiger charge is 2.36. The molecule has 0 bridgehead atoms. The molecule has 33 heavy (non-hydrogen) atoms. The molecule has 0 aliphatic carbocycles. The number of nitrogens with zero attached hydrogens (tertiary/aromatic N) is 5. The highest BCUT2D eigenvalue weighted by atomic mass is 16.5. The van der Waals surface area contributed by atoms with Gasteiger partial charge < -0.3 is 14.7 Å². The SMILES string of the molecule is COc1ccccc1C1N=C(N2CCC(Cc3ccccc3)CC2)N=C2N=C(C)C=C(O)N21. The Hall–Kier alpha value is -3.61. The summed E-state index contributed by atoms with van der Waals surface area (Å²) in [7, 11) is 1.65. The van der Waals surface area contributed by atoms with Gasteiger partial charge in [0.1, 0.15) is 5.75 Å². The topological polar surface area (TPSA) is 73.0 Å². The molecule has 0 spiro atoms. The number of fused-ring (bicyclic) bond motifs is 1. The minimum absolute atomic E-state index is 0.0847. The molecular weight excluding hydrogens is 414 g/mol. The largest absolute Gasteiger partial charge is 0.496 e. The summed E-state index contributed by atoms with van der Waals surface area (Å²) in [6.07, 6.45) is 4.43. The predicted molar refractivity (Wildman–Crippen MR) is 131 cm³/mol. The Kier molecular flexibility index (Phi) is 5.86. The maximum atomic E-state index is 10.7. The van der Waals surface area contributed by atoms with Gasteiger partial charge in [0.15, 0.2) is 12.0 Å². The Morgan fingerprint density at radius 2 is 1.70 bits per heavy atom. The van der Waals surface area contributed by atoms with Crippen LogP contribution < -0.4 is 4.74 Å². The molecule has 7 nitrogen and oxygen atoms in total. The van der Waals surface area contributed by atoms with Gasteiger partial charge >= 0.3 is 0 Å². The van der Waals surface area contributed by atoms with E-state index in [2.05, 4.69) is 40.2 Å². The van der Waals surface area contributed by atoms with Crippen LogP contribution in [0.5, 0.6) is 5.75 Å². The van der Waals surface area contributed by atoms with E-state index in [1.807, 2.05) is 31.2 Å². The minimum Gasteiger partial charge on any atom is -0.496 e. The van der Waals surface area contributed by atoms with Gasteiger partial charge in [0, 0.05) is 30.4 Å². The zero-order valence-corrected chi connectivity index (χ0v) is 19.1. The summed E-state index contributed by atoms with van der Waals surface area (Å²) < 4.78 is 5.60. The van der Waals surface area contributed by atoms with E-state index < -0.39 is 6.17 Å². The molecule has 0 radical (unpaired) electrons. The number of piperidine rings is 1. The smallest absolute Gasteiger partial charge is 0.237 e. The van der Waals surface area contributed by atoms with Gasteiger partial charge in [0.25, 0.3) is 0 Å². The Morgan fingerprint density at radius 3 is 2.45 bits per heavy atom. The summed E-state index contributed by atoms with van der Waals surface area (Å²) in [5, 5.41) is 10.7. The number of hydrogen-bond acceptors (Lipinski definition) is 7. The zero-order chi connectivity index (χ0) is 22.8. The van der Waals surface area contributed by atoms with Crippen molar-refractivity contribution in [2.45, 2.75) is 32.4 Å². The first-order valence-corrected chi connectivity index (χ1v) is 11.5. The van der Waals surface area contributed by atoms with Gasteiger partial charge in [-0.25, -0.2) is 9.98 Å². The van der Waals surface area contributed by atoms with Crippen LogP contribution >= 0.6 is 0 Å². The number of hydrogen-bond donors (Lipinski definition) is 1. The van der Waals surface area contributed by atoms with Crippen LogP contribution in [0, 0.1) is 5.92 Å². The van der Waals surface area contributed by atoms with Crippen LogP contribution in [0.4, 0.5) is 0 Å². The number of guanidine groups is 2. The van der Waals surface area contributed by atoms with Crippen molar-refractivity contribution in [3.05, 3.63) is 77.7 Å². The molecule has 2 aromatic carbocycles. The summed E-state index contributed by atoms with van der Waals surface area (Å²) in [5.41, 5.74) is 2.97. The van der Waals surface area contributed by atoms with Gasteiger partial charge in [-0.15, -0.1) is 0 Å². The highest BCUT2D eigenvalue weighted by molar-refractivity contribution is 6.09. The van der Waals surface area contributed by atoms with Crippen LogP contribution in [0.3, 0.4) is 0 Å². The van der Waals surface area contributed by atoms with Crippen molar-refractivity contribution in [2.75, 3.05) is 20.2 Å². The van der Waals surface area contributed by atoms with E-state index in [1.165, 1.54) is 5.56 Å². The van der Waals surface area contributed by atoms with Crippen LogP contribution in [-0.2, 0) is 6.42 Å². The van der Waals surface area contributed by atoms with Gasteiger partial charge in [-0.3, -0.25) is 4.90 Å².